The first-order chi connectivity index (χ1) is 10.7. The summed E-state index contributed by atoms with van der Waals surface area (Å²) >= 11 is 6.02. The fourth-order valence-corrected chi connectivity index (χ4v) is 2.67. The Kier molecular flexibility index (Phi) is 4.47. The first-order valence-electron chi connectivity index (χ1n) is 7.02. The molecule has 1 saturated heterocycles. The van der Waals surface area contributed by atoms with Crippen molar-refractivity contribution in [2.24, 2.45) is 0 Å². The summed E-state index contributed by atoms with van der Waals surface area (Å²) in [6.45, 7) is 4.39. The summed E-state index contributed by atoms with van der Waals surface area (Å²) in [5.74, 6) is -0.868. The second kappa shape index (κ2) is 6.51. The molecule has 3 rings (SSSR count). The van der Waals surface area contributed by atoms with Crippen LogP contribution < -0.4 is 5.32 Å². The molecular formula is C14H15ClN4O3. The van der Waals surface area contributed by atoms with Gasteiger partial charge in [0, 0.05) is 38.6 Å². The minimum atomic E-state index is -0.474. The van der Waals surface area contributed by atoms with Gasteiger partial charge in [-0.2, -0.15) is 0 Å². The van der Waals surface area contributed by atoms with Crippen LogP contribution in [0.2, 0.25) is 0 Å². The summed E-state index contributed by atoms with van der Waals surface area (Å²) in [5, 5.41) is 2.84. The number of halogens is 1. The third-order valence-corrected chi connectivity index (χ3v) is 3.97. The highest BCUT2D eigenvalue weighted by atomic mass is 35.5. The summed E-state index contributed by atoms with van der Waals surface area (Å²) in [5.41, 5.74) is 0.162. The number of Topliss-reactive ketones (excluding diaryl/α,β-unsaturated/α-hetero) is 2. The number of hydrogen-bond donors (Lipinski definition) is 1. The van der Waals surface area contributed by atoms with Crippen molar-refractivity contribution in [1.29, 1.82) is 0 Å². The standard InChI is InChI=1S/C14H15ClN4O3/c15-9-10(18-3-4-19-5-7-22-8-6-19)14(21)12-11(13(9)20)16-1-2-17-12/h1-2,18H,3-8H2. The number of carbonyl (C=O) groups excluding carboxylic acids is 2. The van der Waals surface area contributed by atoms with Gasteiger partial charge >= 0.3 is 0 Å². The molecular weight excluding hydrogens is 308 g/mol. The van der Waals surface area contributed by atoms with E-state index in [-0.39, 0.29) is 22.1 Å². The summed E-state index contributed by atoms with van der Waals surface area (Å²) in [7, 11) is 0. The van der Waals surface area contributed by atoms with Crippen LogP contribution in [0.25, 0.3) is 0 Å². The Labute approximate surface area is 132 Å². The maximum absolute atomic E-state index is 12.4. The van der Waals surface area contributed by atoms with Crippen LogP contribution in [-0.4, -0.2) is 65.8 Å². The van der Waals surface area contributed by atoms with E-state index in [9.17, 15) is 9.59 Å². The maximum Gasteiger partial charge on any atom is 0.231 e. The lowest BCUT2D eigenvalue weighted by Gasteiger charge is -2.27. The number of nitrogens with one attached hydrogen (secondary N) is 1. The van der Waals surface area contributed by atoms with Crippen LogP contribution in [0.4, 0.5) is 0 Å². The van der Waals surface area contributed by atoms with Crippen molar-refractivity contribution >= 4 is 23.2 Å². The summed E-state index contributed by atoms with van der Waals surface area (Å²) < 4.78 is 5.28. The van der Waals surface area contributed by atoms with Crippen LogP contribution >= 0.6 is 11.6 Å². The van der Waals surface area contributed by atoms with Crippen molar-refractivity contribution < 1.29 is 14.3 Å². The van der Waals surface area contributed by atoms with E-state index >= 15 is 0 Å². The SMILES string of the molecule is O=C1C(Cl)=C(NCCN2CCOCC2)C(=O)c2nccnc21. The molecule has 1 aliphatic heterocycles. The molecule has 0 radical (unpaired) electrons. The molecule has 1 N–H and O–H groups in total. The highest BCUT2D eigenvalue weighted by Gasteiger charge is 2.33. The van der Waals surface area contributed by atoms with Gasteiger partial charge in [0.15, 0.2) is 0 Å². The van der Waals surface area contributed by atoms with Crippen molar-refractivity contribution in [3.05, 3.63) is 34.5 Å². The fraction of sp³-hybridized carbons (Fsp3) is 0.429. The van der Waals surface area contributed by atoms with Crippen molar-refractivity contribution in [3.63, 3.8) is 0 Å². The molecule has 0 saturated carbocycles. The van der Waals surface area contributed by atoms with Crippen LogP contribution in [0.15, 0.2) is 23.1 Å². The molecule has 0 aromatic carbocycles. The Morgan fingerprint density at radius 1 is 1.14 bits per heavy atom. The van der Waals surface area contributed by atoms with Crippen molar-refractivity contribution in [2.75, 3.05) is 39.4 Å². The van der Waals surface area contributed by atoms with Gasteiger partial charge < -0.3 is 10.1 Å². The number of nitrogens with zero attached hydrogens (tertiary/aromatic N) is 3. The molecule has 0 spiro atoms. The zero-order chi connectivity index (χ0) is 15.5. The summed E-state index contributed by atoms with van der Waals surface area (Å²) in [6.07, 6.45) is 2.75. The van der Waals surface area contributed by atoms with Crippen LogP contribution in [0, 0.1) is 0 Å². The smallest absolute Gasteiger partial charge is 0.231 e. The Morgan fingerprint density at radius 2 is 1.77 bits per heavy atom. The average molecular weight is 323 g/mol. The Bertz CT molecular complexity index is 641. The van der Waals surface area contributed by atoms with E-state index in [4.69, 9.17) is 16.3 Å². The van der Waals surface area contributed by atoms with Crippen LogP contribution in [-0.2, 0) is 4.74 Å². The van der Waals surface area contributed by atoms with E-state index in [1.54, 1.807) is 0 Å². The van der Waals surface area contributed by atoms with Crippen LogP contribution in [0.3, 0.4) is 0 Å². The van der Waals surface area contributed by atoms with Gasteiger partial charge in [-0.1, -0.05) is 11.6 Å². The second-order valence-electron chi connectivity index (χ2n) is 4.98. The number of ether oxygens (including phenoxy) is 1. The number of morpholine rings is 1. The monoisotopic (exact) mass is 322 g/mol. The van der Waals surface area contributed by atoms with Gasteiger partial charge in [0.25, 0.3) is 0 Å². The molecule has 0 unspecified atom stereocenters. The number of rotatable bonds is 4. The normalized spacial score (nSPS) is 19.3. The van der Waals surface area contributed by atoms with E-state index in [2.05, 4.69) is 20.2 Å². The first-order valence-corrected chi connectivity index (χ1v) is 7.40. The van der Waals surface area contributed by atoms with Crippen molar-refractivity contribution in [3.8, 4) is 0 Å². The molecule has 116 valence electrons. The van der Waals surface area contributed by atoms with Gasteiger partial charge in [0.2, 0.25) is 11.6 Å². The highest BCUT2D eigenvalue weighted by molar-refractivity contribution is 6.49. The minimum absolute atomic E-state index is 0.0104. The molecule has 1 aromatic heterocycles. The quantitative estimate of drug-likeness (QED) is 0.849. The Morgan fingerprint density at radius 3 is 2.45 bits per heavy atom. The highest BCUT2D eigenvalue weighted by Crippen LogP contribution is 2.24. The second-order valence-corrected chi connectivity index (χ2v) is 5.36. The number of allylic oxidation sites excluding steroid dienone is 2. The van der Waals surface area contributed by atoms with Gasteiger partial charge in [-0.3, -0.25) is 14.5 Å². The molecule has 1 aromatic rings. The van der Waals surface area contributed by atoms with Gasteiger partial charge in [-0.05, 0) is 0 Å². The summed E-state index contributed by atoms with van der Waals surface area (Å²) in [6, 6.07) is 0. The molecule has 1 aliphatic carbocycles. The van der Waals surface area contributed by atoms with Gasteiger partial charge in [0.05, 0.1) is 13.2 Å². The van der Waals surface area contributed by atoms with E-state index in [0.717, 1.165) is 19.6 Å². The topological polar surface area (TPSA) is 84.4 Å². The van der Waals surface area contributed by atoms with E-state index in [1.165, 1.54) is 12.4 Å². The van der Waals surface area contributed by atoms with Crippen molar-refractivity contribution in [1.82, 2.24) is 20.2 Å². The molecule has 2 aliphatic rings. The number of aromatic nitrogens is 2. The number of carbonyl (C=O) groups is 2. The predicted molar refractivity (Wildman–Crippen MR) is 78.8 cm³/mol. The maximum atomic E-state index is 12.4. The lowest BCUT2D eigenvalue weighted by Crippen LogP contribution is -2.41. The molecule has 22 heavy (non-hydrogen) atoms. The minimum Gasteiger partial charge on any atom is -0.379 e. The van der Waals surface area contributed by atoms with Crippen molar-refractivity contribution in [2.45, 2.75) is 0 Å². The molecule has 0 atom stereocenters. The Balaban J connectivity index is 1.69. The largest absolute Gasteiger partial charge is 0.379 e. The van der Waals surface area contributed by atoms with E-state index in [0.29, 0.717) is 19.8 Å². The molecule has 1 fully saturated rings. The molecule has 2 heterocycles. The van der Waals surface area contributed by atoms with Gasteiger partial charge in [0.1, 0.15) is 22.1 Å². The zero-order valence-corrected chi connectivity index (χ0v) is 12.6. The number of fused-ring (bicyclic) bond motifs is 1. The van der Waals surface area contributed by atoms with Gasteiger partial charge in [-0.15, -0.1) is 0 Å². The van der Waals surface area contributed by atoms with E-state index < -0.39 is 11.6 Å². The Hall–Kier alpha value is -1.83. The van der Waals surface area contributed by atoms with Crippen LogP contribution in [0.1, 0.15) is 21.0 Å². The third kappa shape index (κ3) is 2.87. The lowest BCUT2D eigenvalue weighted by molar-refractivity contribution is 0.0386. The zero-order valence-electron chi connectivity index (χ0n) is 11.8. The molecule has 7 nitrogen and oxygen atoms in total. The molecule has 8 heteroatoms. The predicted octanol–water partition coefficient (Wildman–Crippen LogP) is 0.228. The van der Waals surface area contributed by atoms with Crippen LogP contribution in [0.5, 0.6) is 0 Å². The lowest BCUT2D eigenvalue weighted by atomic mass is 10.0. The average Bonchev–Trinajstić information content (AvgIpc) is 2.57. The first kappa shape index (κ1) is 15.1. The fourth-order valence-electron chi connectivity index (χ4n) is 2.43. The number of ketones is 2. The molecule has 0 amide bonds. The molecule has 0 bridgehead atoms. The summed E-state index contributed by atoms with van der Waals surface area (Å²) in [4.78, 5) is 34.5. The number of hydrogen-bond acceptors (Lipinski definition) is 7. The third-order valence-electron chi connectivity index (χ3n) is 3.61. The van der Waals surface area contributed by atoms with Gasteiger partial charge in [-0.25, -0.2) is 9.97 Å². The van der Waals surface area contributed by atoms with E-state index in [1.807, 2.05) is 0 Å².